The Morgan fingerprint density at radius 2 is 1.26 bits per heavy atom. The summed E-state index contributed by atoms with van der Waals surface area (Å²) in [6.45, 7) is -1.37. The van der Waals surface area contributed by atoms with Crippen molar-refractivity contribution in [1.82, 2.24) is 0 Å². The number of hydrogen-bond acceptors (Lipinski definition) is 16. The van der Waals surface area contributed by atoms with E-state index in [2.05, 4.69) is 0 Å². The van der Waals surface area contributed by atoms with Gasteiger partial charge >= 0.3 is 0 Å². The first-order chi connectivity index (χ1) is 20.4. The van der Waals surface area contributed by atoms with Gasteiger partial charge in [0.1, 0.15) is 77.1 Å². The lowest BCUT2D eigenvalue weighted by molar-refractivity contribution is -0.277. The first-order valence-corrected chi connectivity index (χ1v) is 13.0. The Morgan fingerprint density at radius 3 is 1.81 bits per heavy atom. The fourth-order valence-corrected chi connectivity index (χ4v) is 4.81. The van der Waals surface area contributed by atoms with E-state index in [0.717, 1.165) is 18.2 Å². The van der Waals surface area contributed by atoms with Gasteiger partial charge in [-0.05, 0) is 18.2 Å². The van der Waals surface area contributed by atoms with Crippen LogP contribution in [0.4, 0.5) is 0 Å². The van der Waals surface area contributed by atoms with Gasteiger partial charge in [0.15, 0.2) is 16.9 Å². The zero-order chi connectivity index (χ0) is 31.2. The van der Waals surface area contributed by atoms with Gasteiger partial charge in [0.25, 0.3) is 0 Å². The highest BCUT2D eigenvalue weighted by molar-refractivity contribution is 5.86. The number of aromatic hydroxyl groups is 2. The zero-order valence-corrected chi connectivity index (χ0v) is 22.1. The van der Waals surface area contributed by atoms with Crippen LogP contribution in [-0.4, -0.2) is 126 Å². The summed E-state index contributed by atoms with van der Waals surface area (Å²) in [6, 6.07) is 7.05. The molecular weight excluding hydrogens is 580 g/mol. The maximum Gasteiger partial charge on any atom is 0.229 e. The van der Waals surface area contributed by atoms with Crippen molar-refractivity contribution >= 4 is 11.0 Å². The van der Waals surface area contributed by atoms with Gasteiger partial charge < -0.3 is 74.4 Å². The Hall–Kier alpha value is -3.55. The number of rotatable bonds is 7. The quantitative estimate of drug-likeness (QED) is 0.130. The highest BCUT2D eigenvalue weighted by Crippen LogP contribution is 2.37. The Bertz CT molecular complexity index is 1500. The van der Waals surface area contributed by atoms with Crippen LogP contribution in [0.2, 0.25) is 0 Å². The molecule has 5 unspecified atom stereocenters. The first kappa shape index (κ1) is 30.9. The van der Waals surface area contributed by atoms with Gasteiger partial charge in [0, 0.05) is 23.8 Å². The van der Waals surface area contributed by atoms with E-state index in [-0.39, 0.29) is 33.8 Å². The van der Waals surface area contributed by atoms with Crippen molar-refractivity contribution < 1.29 is 74.4 Å². The molecule has 10 atom stereocenters. The normalized spacial score (nSPS) is 32.9. The number of fused-ring (bicyclic) bond motifs is 1. The third-order valence-corrected chi connectivity index (χ3v) is 7.22. The van der Waals surface area contributed by atoms with Crippen LogP contribution in [0.25, 0.3) is 22.3 Å². The number of phenols is 2. The first-order valence-electron chi connectivity index (χ1n) is 13.0. The van der Waals surface area contributed by atoms with E-state index in [9.17, 15) is 55.9 Å². The van der Waals surface area contributed by atoms with E-state index < -0.39 is 91.6 Å². The Morgan fingerprint density at radius 1 is 0.674 bits per heavy atom. The molecule has 0 saturated carbocycles. The lowest BCUT2D eigenvalue weighted by Gasteiger charge is -2.39. The number of ether oxygens (including phenoxy) is 4. The average molecular weight is 611 g/mol. The number of phenolic OH excluding ortho intramolecular Hbond substituents is 2. The van der Waals surface area contributed by atoms with Gasteiger partial charge in [-0.1, -0.05) is 0 Å². The molecule has 2 saturated heterocycles. The number of aliphatic hydroxyl groups excluding tert-OH is 8. The zero-order valence-electron chi connectivity index (χ0n) is 22.1. The summed E-state index contributed by atoms with van der Waals surface area (Å²) in [5, 5.41) is 99.9. The average Bonchev–Trinajstić information content (AvgIpc) is 2.98. The molecule has 0 amide bonds. The van der Waals surface area contributed by atoms with Crippen LogP contribution in [0.1, 0.15) is 0 Å². The van der Waals surface area contributed by atoms with Crippen molar-refractivity contribution in [3.8, 4) is 34.3 Å². The summed E-state index contributed by atoms with van der Waals surface area (Å²) in [4.78, 5) is 12.9. The molecule has 0 radical (unpaired) electrons. The predicted molar refractivity (Wildman–Crippen MR) is 140 cm³/mol. The summed E-state index contributed by atoms with van der Waals surface area (Å²) < 4.78 is 27.3. The summed E-state index contributed by atoms with van der Waals surface area (Å²) in [7, 11) is 0. The largest absolute Gasteiger partial charge is 0.507 e. The summed E-state index contributed by atoms with van der Waals surface area (Å²) in [5.74, 6) is -1.51. The Labute approximate surface area is 241 Å². The van der Waals surface area contributed by atoms with Crippen LogP contribution in [-0.2, 0) is 9.47 Å². The molecule has 0 spiro atoms. The fraction of sp³-hybridized carbons (Fsp3) is 0.444. The molecule has 16 heteroatoms. The summed E-state index contributed by atoms with van der Waals surface area (Å²) in [5.41, 5.74) is -0.685. The molecule has 0 aliphatic carbocycles. The van der Waals surface area contributed by atoms with Crippen LogP contribution >= 0.6 is 0 Å². The van der Waals surface area contributed by atoms with E-state index in [1.165, 1.54) is 18.2 Å². The van der Waals surface area contributed by atoms with E-state index in [1.54, 1.807) is 0 Å². The second kappa shape index (κ2) is 12.2. The summed E-state index contributed by atoms with van der Waals surface area (Å²) >= 11 is 0. The minimum atomic E-state index is -1.74. The van der Waals surface area contributed by atoms with Crippen molar-refractivity contribution in [1.29, 1.82) is 0 Å². The van der Waals surface area contributed by atoms with Gasteiger partial charge in [0.05, 0.1) is 13.2 Å². The molecule has 3 aromatic rings. The third-order valence-electron chi connectivity index (χ3n) is 7.22. The molecule has 234 valence electrons. The van der Waals surface area contributed by atoms with Crippen LogP contribution in [0.5, 0.6) is 23.0 Å². The molecule has 3 heterocycles. The molecule has 5 rings (SSSR count). The lowest BCUT2D eigenvalue weighted by Crippen LogP contribution is -2.60. The van der Waals surface area contributed by atoms with Crippen molar-refractivity contribution in [3.05, 3.63) is 46.6 Å². The van der Waals surface area contributed by atoms with Crippen LogP contribution in [0, 0.1) is 0 Å². The van der Waals surface area contributed by atoms with Gasteiger partial charge in [-0.2, -0.15) is 0 Å². The molecule has 16 nitrogen and oxygen atoms in total. The number of benzene rings is 2. The van der Waals surface area contributed by atoms with Crippen LogP contribution in [0.15, 0.2) is 45.6 Å². The molecule has 2 aliphatic heterocycles. The molecule has 0 bridgehead atoms. The number of hydrogen-bond donors (Lipinski definition) is 10. The Kier molecular flexibility index (Phi) is 8.77. The molecule has 2 aromatic carbocycles. The molecule has 43 heavy (non-hydrogen) atoms. The van der Waals surface area contributed by atoms with Crippen molar-refractivity contribution in [2.24, 2.45) is 0 Å². The van der Waals surface area contributed by atoms with E-state index >= 15 is 0 Å². The monoisotopic (exact) mass is 610 g/mol. The fourth-order valence-electron chi connectivity index (χ4n) is 4.81. The minimum absolute atomic E-state index is 0.0726. The summed E-state index contributed by atoms with van der Waals surface area (Å²) in [6.07, 6.45) is -15.7. The topological polar surface area (TPSA) is 269 Å². The minimum Gasteiger partial charge on any atom is -0.507 e. The van der Waals surface area contributed by atoms with Crippen LogP contribution < -0.4 is 14.9 Å². The van der Waals surface area contributed by atoms with Gasteiger partial charge in [-0.25, -0.2) is 0 Å². The van der Waals surface area contributed by atoms with Gasteiger partial charge in [-0.15, -0.1) is 0 Å². The molecule has 2 aliphatic rings. The molecule has 10 N–H and O–H groups in total. The van der Waals surface area contributed by atoms with E-state index in [1.807, 2.05) is 0 Å². The maximum atomic E-state index is 12.9. The second-order valence-corrected chi connectivity index (χ2v) is 10.1. The highest BCUT2D eigenvalue weighted by Gasteiger charge is 2.46. The van der Waals surface area contributed by atoms with E-state index in [4.69, 9.17) is 23.4 Å². The highest BCUT2D eigenvalue weighted by atomic mass is 16.7. The molecule has 1 aromatic heterocycles. The van der Waals surface area contributed by atoms with E-state index in [0.29, 0.717) is 0 Å². The smallest absolute Gasteiger partial charge is 0.229 e. The maximum absolute atomic E-state index is 12.9. The van der Waals surface area contributed by atoms with Crippen molar-refractivity contribution in [2.45, 2.75) is 61.4 Å². The van der Waals surface area contributed by atoms with Crippen molar-refractivity contribution in [3.63, 3.8) is 0 Å². The third kappa shape index (κ3) is 5.85. The molecule has 2 fully saturated rings. The SMILES string of the molecule is O=c1cc(-c2ccc(O[C@@H]3OC(CO)[C@@H](O)C(O)C3O)c(O)c2)oc2cc(O[C@@H]3O[C@@H](CO)[C@H](O)C(O)C3O)cc(O)c12. The lowest BCUT2D eigenvalue weighted by atomic mass is 9.99. The van der Waals surface area contributed by atoms with Gasteiger partial charge in [0.2, 0.25) is 12.6 Å². The molecular formula is C27H30O16. The Balaban J connectivity index is 1.41. The predicted octanol–water partition coefficient (Wildman–Crippen LogP) is -2.77. The van der Waals surface area contributed by atoms with Crippen LogP contribution in [0.3, 0.4) is 0 Å². The number of aliphatic hydroxyl groups is 8. The standard InChI is InChI=1S/C27H30O16/c28-7-17-20(33)22(35)24(37)26(42-17)39-10-4-12(31)19-13(32)6-15(40-16(19)5-10)9-1-2-14(11(30)3-9)41-27-25(38)23(36)21(34)18(8-29)43-27/h1-6,17-18,20-31,33-38H,7-8H2/t17-,18?,20-,21+,22?,23?,24?,25?,26+,27+/m0/s1. The second-order valence-electron chi connectivity index (χ2n) is 10.1. The van der Waals surface area contributed by atoms with Gasteiger partial charge in [-0.3, -0.25) is 4.79 Å². The van der Waals surface area contributed by atoms with Crippen molar-refractivity contribution in [2.75, 3.05) is 13.2 Å².